The summed E-state index contributed by atoms with van der Waals surface area (Å²) in [5.41, 5.74) is -1.67. The fourth-order valence-corrected chi connectivity index (χ4v) is 5.12. The van der Waals surface area contributed by atoms with Gasteiger partial charge in [-0.2, -0.15) is 26.9 Å². The van der Waals surface area contributed by atoms with Gasteiger partial charge in [-0.15, -0.1) is 0 Å². The van der Waals surface area contributed by atoms with Crippen LogP contribution in [0.5, 0.6) is 0 Å². The molecule has 1 aliphatic carbocycles. The lowest BCUT2D eigenvalue weighted by atomic mass is 9.93. The summed E-state index contributed by atoms with van der Waals surface area (Å²) in [6.45, 7) is 0. The number of alkyl halides is 5. The molecule has 3 N–H and O–H groups in total. The summed E-state index contributed by atoms with van der Waals surface area (Å²) in [6.07, 6.45) is -2.68. The average Bonchev–Trinajstić information content (AvgIpc) is 3.26. The normalized spacial score (nSPS) is 18.5. The molecule has 0 bridgehead atoms. The summed E-state index contributed by atoms with van der Waals surface area (Å²) in [6, 6.07) is 7.77. The molecule has 1 fully saturated rings. The number of nitrogens with zero attached hydrogens (tertiary/aromatic N) is 3. The Labute approximate surface area is 216 Å². The second-order valence-electron chi connectivity index (χ2n) is 9.02. The topological polar surface area (TPSA) is 83.0 Å². The average molecular weight is 554 g/mol. The first-order valence-electron chi connectivity index (χ1n) is 11.7. The summed E-state index contributed by atoms with van der Waals surface area (Å²) >= 11 is 0.915. The number of benzene rings is 2. The minimum atomic E-state index is -4.52. The molecule has 5 rings (SSSR count). The number of rotatable bonds is 6. The standard InChI is InChI=1S/C25H21F6N5OS/c26-15-4-1-13(2-5-15)24(27,28)20-12-21(35-22(34-20)32-16-6-8-17(37)9-7-16)36-23-33-18-10-3-14(25(29,30)31)11-19(18)38-23/h1-5,10-12,16-17,37H,6-9H2,(H2,32,33,34,35,36)/t16-,17-. The number of thiazole rings is 1. The van der Waals surface area contributed by atoms with E-state index in [4.69, 9.17) is 0 Å². The van der Waals surface area contributed by atoms with Crippen LogP contribution in [0.3, 0.4) is 0 Å². The number of nitrogens with one attached hydrogen (secondary N) is 2. The predicted octanol–water partition coefficient (Wildman–Crippen LogP) is 6.84. The zero-order chi connectivity index (χ0) is 27.1. The molecule has 38 heavy (non-hydrogen) atoms. The van der Waals surface area contributed by atoms with Crippen molar-refractivity contribution in [2.75, 3.05) is 10.6 Å². The molecule has 13 heteroatoms. The maximum Gasteiger partial charge on any atom is 0.416 e. The Hall–Kier alpha value is -3.45. The van der Waals surface area contributed by atoms with E-state index in [2.05, 4.69) is 25.6 Å². The zero-order valence-corrected chi connectivity index (χ0v) is 20.4. The van der Waals surface area contributed by atoms with Crippen molar-refractivity contribution in [3.05, 3.63) is 71.2 Å². The van der Waals surface area contributed by atoms with Crippen LogP contribution in [0.4, 0.5) is 43.2 Å². The number of fused-ring (bicyclic) bond motifs is 1. The van der Waals surface area contributed by atoms with Gasteiger partial charge >= 0.3 is 12.1 Å². The van der Waals surface area contributed by atoms with E-state index in [1.807, 2.05) is 0 Å². The SMILES string of the molecule is O[C@H]1CC[C@H](Nc2nc(Nc3nc4ccc(C(F)(F)F)cc4s3)cc(C(F)(F)c3ccc(F)cc3)n2)CC1. The van der Waals surface area contributed by atoms with Gasteiger partial charge in [0.1, 0.15) is 17.3 Å². The Morgan fingerprint density at radius 3 is 2.21 bits per heavy atom. The summed E-state index contributed by atoms with van der Waals surface area (Å²) in [5.74, 6) is -4.42. The van der Waals surface area contributed by atoms with Gasteiger partial charge in [-0.05, 0) is 68.1 Å². The summed E-state index contributed by atoms with van der Waals surface area (Å²) in [5, 5.41) is 15.8. The number of halogens is 6. The van der Waals surface area contributed by atoms with E-state index in [-0.39, 0.29) is 27.6 Å². The first-order chi connectivity index (χ1) is 18.0. The Morgan fingerprint density at radius 2 is 1.53 bits per heavy atom. The molecule has 1 aliphatic rings. The highest BCUT2D eigenvalue weighted by atomic mass is 32.1. The zero-order valence-electron chi connectivity index (χ0n) is 19.6. The second-order valence-corrected chi connectivity index (χ2v) is 10.0. The van der Waals surface area contributed by atoms with Crippen molar-refractivity contribution in [3.63, 3.8) is 0 Å². The number of hydrogen-bond donors (Lipinski definition) is 3. The number of hydrogen-bond acceptors (Lipinski definition) is 7. The number of aromatic nitrogens is 3. The molecular weight excluding hydrogens is 532 g/mol. The molecule has 0 unspecified atom stereocenters. The van der Waals surface area contributed by atoms with Crippen molar-refractivity contribution in [1.29, 1.82) is 0 Å². The summed E-state index contributed by atoms with van der Waals surface area (Å²) in [7, 11) is 0. The van der Waals surface area contributed by atoms with Crippen LogP contribution in [0.15, 0.2) is 48.5 Å². The molecule has 2 heterocycles. The third-order valence-corrected chi connectivity index (χ3v) is 7.17. The molecule has 2 aromatic heterocycles. The van der Waals surface area contributed by atoms with Crippen LogP contribution in [0.1, 0.15) is 42.5 Å². The van der Waals surface area contributed by atoms with E-state index < -0.39 is 40.8 Å². The molecule has 4 aromatic rings. The molecule has 0 spiro atoms. The summed E-state index contributed by atoms with van der Waals surface area (Å²) in [4.78, 5) is 12.6. The largest absolute Gasteiger partial charge is 0.416 e. The minimum absolute atomic E-state index is 0.0507. The molecule has 0 radical (unpaired) electrons. The van der Waals surface area contributed by atoms with Gasteiger partial charge in [0.05, 0.1) is 21.9 Å². The predicted molar refractivity (Wildman–Crippen MR) is 131 cm³/mol. The van der Waals surface area contributed by atoms with Gasteiger partial charge in [-0.3, -0.25) is 0 Å². The van der Waals surface area contributed by atoms with Crippen molar-refractivity contribution in [1.82, 2.24) is 15.0 Å². The van der Waals surface area contributed by atoms with Gasteiger partial charge in [-0.25, -0.2) is 14.4 Å². The fraction of sp³-hybridized carbons (Fsp3) is 0.320. The van der Waals surface area contributed by atoms with Gasteiger partial charge in [0.2, 0.25) is 5.95 Å². The quantitative estimate of drug-likeness (QED) is 0.227. The fourth-order valence-electron chi connectivity index (χ4n) is 4.21. The first-order valence-corrected chi connectivity index (χ1v) is 12.5. The van der Waals surface area contributed by atoms with E-state index in [1.54, 1.807) is 0 Å². The van der Waals surface area contributed by atoms with Gasteiger partial charge in [0, 0.05) is 17.7 Å². The van der Waals surface area contributed by atoms with Crippen molar-refractivity contribution in [2.24, 2.45) is 0 Å². The third kappa shape index (κ3) is 5.68. The van der Waals surface area contributed by atoms with Crippen LogP contribution in [-0.4, -0.2) is 32.2 Å². The van der Waals surface area contributed by atoms with Gasteiger partial charge in [0.15, 0.2) is 5.13 Å². The third-order valence-electron chi connectivity index (χ3n) is 6.24. The molecule has 0 atom stereocenters. The Bertz CT molecular complexity index is 1430. The number of anilines is 3. The van der Waals surface area contributed by atoms with Crippen LogP contribution in [0.25, 0.3) is 10.2 Å². The highest BCUT2D eigenvalue weighted by Crippen LogP contribution is 2.38. The lowest BCUT2D eigenvalue weighted by Gasteiger charge is -2.26. The smallest absolute Gasteiger partial charge is 0.393 e. The van der Waals surface area contributed by atoms with E-state index in [1.165, 1.54) is 6.07 Å². The monoisotopic (exact) mass is 553 g/mol. The molecule has 0 saturated heterocycles. The molecule has 6 nitrogen and oxygen atoms in total. The van der Waals surface area contributed by atoms with E-state index in [0.29, 0.717) is 31.2 Å². The minimum Gasteiger partial charge on any atom is -0.393 e. The Kier molecular flexibility index (Phi) is 6.90. The van der Waals surface area contributed by atoms with Crippen LogP contribution in [0, 0.1) is 5.82 Å². The Balaban J connectivity index is 1.49. The molecule has 200 valence electrons. The molecule has 1 saturated carbocycles. The maximum atomic E-state index is 15.5. The van der Waals surface area contributed by atoms with Crippen LogP contribution < -0.4 is 10.6 Å². The molecule has 2 aromatic carbocycles. The molecule has 0 amide bonds. The highest BCUT2D eigenvalue weighted by molar-refractivity contribution is 7.22. The lowest BCUT2D eigenvalue weighted by molar-refractivity contribution is -0.137. The van der Waals surface area contributed by atoms with Crippen LogP contribution >= 0.6 is 11.3 Å². The van der Waals surface area contributed by atoms with Gasteiger partial charge in [-0.1, -0.05) is 11.3 Å². The van der Waals surface area contributed by atoms with E-state index in [0.717, 1.165) is 53.8 Å². The van der Waals surface area contributed by atoms with Gasteiger partial charge in [0.25, 0.3) is 0 Å². The summed E-state index contributed by atoms with van der Waals surface area (Å²) < 4.78 is 83.8. The molecule has 0 aliphatic heterocycles. The Morgan fingerprint density at radius 1 is 0.842 bits per heavy atom. The lowest BCUT2D eigenvalue weighted by Crippen LogP contribution is -2.29. The maximum absolute atomic E-state index is 15.5. The second kappa shape index (κ2) is 10.0. The van der Waals surface area contributed by atoms with Crippen LogP contribution in [-0.2, 0) is 12.1 Å². The highest BCUT2D eigenvalue weighted by Gasteiger charge is 2.37. The first kappa shape index (κ1) is 26.2. The van der Waals surface area contributed by atoms with Crippen molar-refractivity contribution < 1.29 is 31.4 Å². The van der Waals surface area contributed by atoms with E-state index in [9.17, 15) is 22.7 Å². The van der Waals surface area contributed by atoms with Crippen molar-refractivity contribution in [3.8, 4) is 0 Å². The van der Waals surface area contributed by atoms with Crippen molar-refractivity contribution >= 4 is 38.5 Å². The number of aliphatic hydroxyl groups is 1. The van der Waals surface area contributed by atoms with Crippen LogP contribution in [0.2, 0.25) is 0 Å². The van der Waals surface area contributed by atoms with Crippen molar-refractivity contribution in [2.45, 2.75) is 49.9 Å². The van der Waals surface area contributed by atoms with E-state index >= 15 is 8.78 Å². The molecular formula is C25H21F6N5OS. The van der Waals surface area contributed by atoms with Gasteiger partial charge < -0.3 is 15.7 Å². The number of aliphatic hydroxyl groups excluding tert-OH is 1.